The Morgan fingerprint density at radius 3 is 2.55 bits per heavy atom. The van der Waals surface area contributed by atoms with Crippen LogP contribution in [0.3, 0.4) is 0 Å². The van der Waals surface area contributed by atoms with E-state index in [0.717, 1.165) is 4.66 Å². The second kappa shape index (κ2) is 5.67. The fourth-order valence-electron chi connectivity index (χ4n) is 0.889. The Labute approximate surface area is 80.5 Å². The molecule has 0 amide bonds. The van der Waals surface area contributed by atoms with Gasteiger partial charge in [0.15, 0.2) is 0 Å². The van der Waals surface area contributed by atoms with E-state index >= 15 is 0 Å². The number of halogens is 1. The molecule has 0 bridgehead atoms. The predicted octanol–water partition coefficient (Wildman–Crippen LogP) is 3.31. The molecule has 0 unspecified atom stereocenters. The molecule has 2 heteroatoms. The number of alkyl halides is 1. The minimum atomic E-state index is 1.04. The van der Waals surface area contributed by atoms with Crippen LogP contribution in [0, 0.1) is 0 Å². The first-order chi connectivity index (χ1) is 5.43. The van der Waals surface area contributed by atoms with Gasteiger partial charge in [0.1, 0.15) is 0 Å². The predicted molar refractivity (Wildman–Crippen MR) is 56.4 cm³/mol. The summed E-state index contributed by atoms with van der Waals surface area (Å²) in [5.41, 5.74) is 1.43. The lowest BCUT2D eigenvalue weighted by Gasteiger charge is -1.97. The van der Waals surface area contributed by atoms with Gasteiger partial charge in [0.2, 0.25) is 0 Å². The third kappa shape index (κ3) is 3.82. The van der Waals surface area contributed by atoms with Crippen LogP contribution in [0.4, 0.5) is 0 Å². The van der Waals surface area contributed by atoms with Gasteiger partial charge in [0.25, 0.3) is 0 Å². The second-order valence-electron chi connectivity index (χ2n) is 2.25. The molecule has 0 nitrogen and oxygen atoms in total. The first kappa shape index (κ1) is 9.14. The van der Waals surface area contributed by atoms with Gasteiger partial charge in [-0.1, -0.05) is 46.3 Å². The molecule has 0 N–H and O–H groups in total. The van der Waals surface area contributed by atoms with E-state index in [1.54, 1.807) is 0 Å². The Kier molecular flexibility index (Phi) is 4.71. The van der Waals surface area contributed by atoms with Crippen molar-refractivity contribution in [3.05, 3.63) is 35.9 Å². The number of thioether (sulfide) groups is 1. The highest BCUT2D eigenvalue weighted by Crippen LogP contribution is 2.08. The Bertz CT molecular complexity index is 186. The lowest BCUT2D eigenvalue weighted by atomic mass is 10.2. The first-order valence-corrected chi connectivity index (χ1v) is 5.89. The summed E-state index contributed by atoms with van der Waals surface area (Å²) in [7, 11) is 0. The molecule has 1 aromatic carbocycles. The van der Waals surface area contributed by atoms with Crippen LogP contribution in [0.25, 0.3) is 0 Å². The van der Waals surface area contributed by atoms with Gasteiger partial charge in [0, 0.05) is 4.66 Å². The molecule has 60 valence electrons. The average molecular weight is 231 g/mol. The molecule has 0 heterocycles. The van der Waals surface area contributed by atoms with Gasteiger partial charge in [-0.05, 0) is 17.7 Å². The molecule has 0 radical (unpaired) electrons. The molecule has 0 aliphatic carbocycles. The fraction of sp³-hybridized carbons (Fsp3) is 0.333. The zero-order chi connectivity index (χ0) is 7.94. The highest BCUT2D eigenvalue weighted by Gasteiger charge is 1.89. The summed E-state index contributed by atoms with van der Waals surface area (Å²) in [5.74, 6) is 1.20. The van der Waals surface area contributed by atoms with Gasteiger partial charge >= 0.3 is 0 Å². The maximum Gasteiger partial charge on any atom is 0.0490 e. The Morgan fingerprint density at radius 1 is 1.18 bits per heavy atom. The molecule has 0 atom stereocenters. The minimum absolute atomic E-state index is 1.04. The van der Waals surface area contributed by atoms with E-state index in [2.05, 4.69) is 46.3 Å². The smallest absolute Gasteiger partial charge is 0.0490 e. The number of hydrogen-bond donors (Lipinski definition) is 0. The summed E-state index contributed by atoms with van der Waals surface area (Å²) in [5, 5.41) is 0. The summed E-state index contributed by atoms with van der Waals surface area (Å²) in [6, 6.07) is 10.6. The van der Waals surface area contributed by atoms with Crippen molar-refractivity contribution in [2.24, 2.45) is 0 Å². The monoisotopic (exact) mass is 230 g/mol. The van der Waals surface area contributed by atoms with Gasteiger partial charge in [-0.3, -0.25) is 0 Å². The van der Waals surface area contributed by atoms with Crippen molar-refractivity contribution >= 4 is 27.7 Å². The van der Waals surface area contributed by atoms with Crippen LogP contribution in [0.1, 0.15) is 5.56 Å². The average Bonchev–Trinajstić information content (AvgIpc) is 2.07. The van der Waals surface area contributed by atoms with Gasteiger partial charge in [-0.25, -0.2) is 0 Å². The number of benzene rings is 1. The topological polar surface area (TPSA) is 0 Å². The lowest BCUT2D eigenvalue weighted by Crippen LogP contribution is -1.86. The fourth-order valence-corrected chi connectivity index (χ4v) is 2.07. The van der Waals surface area contributed by atoms with Gasteiger partial charge in [0.05, 0.1) is 0 Å². The highest BCUT2D eigenvalue weighted by molar-refractivity contribution is 9.11. The summed E-state index contributed by atoms with van der Waals surface area (Å²) >= 11 is 5.31. The van der Waals surface area contributed by atoms with E-state index in [0.29, 0.717) is 0 Å². The Morgan fingerprint density at radius 2 is 1.91 bits per heavy atom. The number of hydrogen-bond acceptors (Lipinski definition) is 1. The zero-order valence-corrected chi connectivity index (χ0v) is 8.70. The number of aryl methyl sites for hydroxylation is 1. The second-order valence-corrected chi connectivity index (χ2v) is 4.66. The van der Waals surface area contributed by atoms with Crippen LogP contribution in [-0.2, 0) is 6.42 Å². The SMILES string of the molecule is BrCSCCc1ccccc1. The van der Waals surface area contributed by atoms with E-state index < -0.39 is 0 Å². The number of rotatable bonds is 4. The Balaban J connectivity index is 2.28. The van der Waals surface area contributed by atoms with Gasteiger partial charge in [-0.15, -0.1) is 0 Å². The van der Waals surface area contributed by atoms with Crippen LogP contribution >= 0.6 is 27.7 Å². The van der Waals surface area contributed by atoms with E-state index in [-0.39, 0.29) is 0 Å². The third-order valence-corrected chi connectivity index (χ3v) is 3.07. The summed E-state index contributed by atoms with van der Waals surface area (Å²) < 4.78 is 1.04. The molecule has 1 rings (SSSR count). The van der Waals surface area contributed by atoms with Crippen molar-refractivity contribution in [2.75, 3.05) is 10.4 Å². The Hall–Kier alpha value is 0.0500. The molecule has 1 aromatic rings. The summed E-state index contributed by atoms with van der Waals surface area (Å²) in [4.78, 5) is 0. The third-order valence-electron chi connectivity index (χ3n) is 1.46. The standard InChI is InChI=1S/C9H11BrS/c10-8-11-7-6-9-4-2-1-3-5-9/h1-5H,6-8H2. The van der Waals surface area contributed by atoms with Crippen molar-refractivity contribution in [2.45, 2.75) is 6.42 Å². The maximum absolute atomic E-state index is 3.39. The molecule has 0 saturated carbocycles. The lowest BCUT2D eigenvalue weighted by molar-refractivity contribution is 1.16. The van der Waals surface area contributed by atoms with Crippen LogP contribution in [0.2, 0.25) is 0 Å². The van der Waals surface area contributed by atoms with E-state index in [1.807, 2.05) is 11.8 Å². The van der Waals surface area contributed by atoms with Crippen LogP contribution in [0.15, 0.2) is 30.3 Å². The first-order valence-electron chi connectivity index (χ1n) is 3.61. The molecule has 0 saturated heterocycles. The van der Waals surface area contributed by atoms with Crippen molar-refractivity contribution in [1.82, 2.24) is 0 Å². The largest absolute Gasteiger partial charge is 0.150 e. The van der Waals surface area contributed by atoms with E-state index in [9.17, 15) is 0 Å². The molecule has 0 fully saturated rings. The van der Waals surface area contributed by atoms with Crippen molar-refractivity contribution in [3.63, 3.8) is 0 Å². The van der Waals surface area contributed by atoms with Crippen molar-refractivity contribution in [3.8, 4) is 0 Å². The van der Waals surface area contributed by atoms with E-state index in [1.165, 1.54) is 17.7 Å². The normalized spacial score (nSPS) is 9.91. The van der Waals surface area contributed by atoms with Crippen LogP contribution < -0.4 is 0 Å². The van der Waals surface area contributed by atoms with Crippen molar-refractivity contribution < 1.29 is 0 Å². The molecule has 0 aromatic heterocycles. The van der Waals surface area contributed by atoms with Gasteiger partial charge in [-0.2, -0.15) is 11.8 Å². The van der Waals surface area contributed by atoms with Crippen LogP contribution in [-0.4, -0.2) is 10.4 Å². The summed E-state index contributed by atoms with van der Waals surface area (Å²) in [6.45, 7) is 0. The van der Waals surface area contributed by atoms with Crippen molar-refractivity contribution in [1.29, 1.82) is 0 Å². The molecular formula is C9H11BrS. The molecule has 0 aliphatic rings. The highest BCUT2D eigenvalue weighted by atomic mass is 79.9. The summed E-state index contributed by atoms with van der Waals surface area (Å²) in [6.07, 6.45) is 1.18. The van der Waals surface area contributed by atoms with Crippen LogP contribution in [0.5, 0.6) is 0 Å². The minimum Gasteiger partial charge on any atom is -0.150 e. The molecule has 11 heavy (non-hydrogen) atoms. The molecule has 0 spiro atoms. The molecular weight excluding hydrogens is 220 g/mol. The maximum atomic E-state index is 3.39. The van der Waals surface area contributed by atoms with Gasteiger partial charge < -0.3 is 0 Å². The zero-order valence-electron chi connectivity index (χ0n) is 6.29. The molecule has 0 aliphatic heterocycles. The quantitative estimate of drug-likeness (QED) is 0.565. The van der Waals surface area contributed by atoms with E-state index in [4.69, 9.17) is 0 Å².